The largest absolute Gasteiger partial charge is 0.281 e. The van der Waals surface area contributed by atoms with E-state index in [1.807, 2.05) is 17.6 Å². The average Bonchev–Trinajstić information content (AvgIpc) is 3.09. The van der Waals surface area contributed by atoms with Crippen molar-refractivity contribution in [2.24, 2.45) is 0 Å². The Hall–Kier alpha value is -1.35. The molecule has 1 saturated heterocycles. The Labute approximate surface area is 141 Å². The zero-order valence-corrected chi connectivity index (χ0v) is 14.8. The van der Waals surface area contributed by atoms with Crippen LogP contribution in [0.5, 0.6) is 0 Å². The zero-order chi connectivity index (χ0) is 16.4. The van der Waals surface area contributed by atoms with Crippen molar-refractivity contribution in [2.75, 3.05) is 27.2 Å². The fraction of sp³-hybridized carbons (Fsp3) is 0.467. The van der Waals surface area contributed by atoms with Crippen molar-refractivity contribution in [3.63, 3.8) is 0 Å². The molecule has 0 N–H and O–H groups in total. The van der Waals surface area contributed by atoms with Crippen molar-refractivity contribution in [3.8, 4) is 10.7 Å². The van der Waals surface area contributed by atoms with Crippen LogP contribution in [0.25, 0.3) is 10.7 Å². The van der Waals surface area contributed by atoms with Crippen LogP contribution >= 0.6 is 11.3 Å². The molecule has 2 aromatic rings. The summed E-state index contributed by atoms with van der Waals surface area (Å²) in [5.74, 6) is 0.366. The zero-order valence-electron chi connectivity index (χ0n) is 13.2. The molecule has 1 aliphatic rings. The first-order valence-corrected chi connectivity index (χ1v) is 9.79. The summed E-state index contributed by atoms with van der Waals surface area (Å²) in [6.07, 6.45) is 5.25. The van der Waals surface area contributed by atoms with Crippen LogP contribution in [0.1, 0.15) is 24.3 Å². The van der Waals surface area contributed by atoms with Crippen LogP contribution in [-0.2, 0) is 10.2 Å². The van der Waals surface area contributed by atoms with E-state index in [4.69, 9.17) is 0 Å². The molecule has 0 bridgehead atoms. The SMILES string of the molecule is CN(C)S(=O)(=O)N1CCC(c2ccnc(-c3nccs3)c2)CC1. The molecule has 0 unspecified atom stereocenters. The Kier molecular flexibility index (Phi) is 4.77. The molecular formula is C15H20N4O2S2. The summed E-state index contributed by atoms with van der Waals surface area (Å²) in [5.41, 5.74) is 2.10. The van der Waals surface area contributed by atoms with Crippen LogP contribution in [0.4, 0.5) is 0 Å². The van der Waals surface area contributed by atoms with Gasteiger partial charge in [0.05, 0.1) is 5.69 Å². The van der Waals surface area contributed by atoms with Gasteiger partial charge in [-0.2, -0.15) is 17.0 Å². The molecule has 0 radical (unpaired) electrons. The van der Waals surface area contributed by atoms with E-state index in [2.05, 4.69) is 16.0 Å². The lowest BCUT2D eigenvalue weighted by Gasteiger charge is -2.33. The van der Waals surface area contributed by atoms with Crippen LogP contribution in [0.15, 0.2) is 29.9 Å². The van der Waals surface area contributed by atoms with E-state index in [0.717, 1.165) is 23.5 Å². The second-order valence-corrected chi connectivity index (χ2v) is 8.81. The first kappa shape index (κ1) is 16.5. The van der Waals surface area contributed by atoms with Gasteiger partial charge in [0, 0.05) is 45.0 Å². The smallest absolute Gasteiger partial charge is 0.254 e. The molecule has 0 aromatic carbocycles. The molecule has 3 rings (SSSR count). The molecule has 0 aliphatic carbocycles. The van der Waals surface area contributed by atoms with Crippen LogP contribution in [0, 0.1) is 0 Å². The highest BCUT2D eigenvalue weighted by Gasteiger charge is 2.30. The lowest BCUT2D eigenvalue weighted by atomic mass is 9.90. The van der Waals surface area contributed by atoms with E-state index >= 15 is 0 Å². The van der Waals surface area contributed by atoms with Gasteiger partial charge < -0.3 is 0 Å². The number of piperidine rings is 1. The van der Waals surface area contributed by atoms with Crippen molar-refractivity contribution < 1.29 is 8.42 Å². The van der Waals surface area contributed by atoms with E-state index in [-0.39, 0.29) is 0 Å². The number of nitrogens with zero attached hydrogens (tertiary/aromatic N) is 4. The van der Waals surface area contributed by atoms with Gasteiger partial charge in [-0.05, 0) is 36.5 Å². The third-order valence-corrected chi connectivity index (χ3v) is 6.88. The third kappa shape index (κ3) is 3.45. The number of thiazole rings is 1. The van der Waals surface area contributed by atoms with Crippen LogP contribution in [0.3, 0.4) is 0 Å². The standard InChI is InChI=1S/C15H20N4O2S2/c1-18(2)23(20,21)19-8-4-12(5-9-19)13-3-6-16-14(11-13)15-17-7-10-22-15/h3,6-7,10-12H,4-5,8-9H2,1-2H3. The summed E-state index contributed by atoms with van der Waals surface area (Å²) in [7, 11) is -0.155. The van der Waals surface area contributed by atoms with Gasteiger partial charge in [-0.15, -0.1) is 11.3 Å². The van der Waals surface area contributed by atoms with Gasteiger partial charge in [0.2, 0.25) is 0 Å². The molecule has 23 heavy (non-hydrogen) atoms. The Bertz CT molecular complexity index is 752. The fourth-order valence-corrected chi connectivity index (χ4v) is 4.56. The molecule has 0 saturated carbocycles. The fourth-order valence-electron chi connectivity index (χ4n) is 2.82. The number of hydrogen-bond acceptors (Lipinski definition) is 5. The predicted octanol–water partition coefficient (Wildman–Crippen LogP) is 2.19. The van der Waals surface area contributed by atoms with Crippen molar-refractivity contribution in [2.45, 2.75) is 18.8 Å². The Morgan fingerprint density at radius 1 is 1.22 bits per heavy atom. The second-order valence-electron chi connectivity index (χ2n) is 5.78. The van der Waals surface area contributed by atoms with Gasteiger partial charge in [-0.25, -0.2) is 4.98 Å². The molecular weight excluding hydrogens is 332 g/mol. The Balaban J connectivity index is 1.72. The minimum absolute atomic E-state index is 0.366. The van der Waals surface area contributed by atoms with E-state index in [1.54, 1.807) is 35.9 Å². The summed E-state index contributed by atoms with van der Waals surface area (Å²) in [6, 6.07) is 4.11. The maximum atomic E-state index is 12.2. The summed E-state index contributed by atoms with van der Waals surface area (Å²) < 4.78 is 27.2. The van der Waals surface area contributed by atoms with Gasteiger partial charge in [0.15, 0.2) is 0 Å². The highest BCUT2D eigenvalue weighted by Crippen LogP contribution is 2.31. The second kappa shape index (κ2) is 6.64. The highest BCUT2D eigenvalue weighted by atomic mass is 32.2. The first-order valence-electron chi connectivity index (χ1n) is 7.52. The third-order valence-electron chi connectivity index (χ3n) is 4.15. The van der Waals surface area contributed by atoms with Crippen molar-refractivity contribution in [1.29, 1.82) is 0 Å². The molecule has 1 aliphatic heterocycles. The summed E-state index contributed by atoms with van der Waals surface area (Å²) in [6.45, 7) is 1.11. The van der Waals surface area contributed by atoms with E-state index in [9.17, 15) is 8.42 Å². The first-order chi connectivity index (χ1) is 11.0. The number of aromatic nitrogens is 2. The molecule has 124 valence electrons. The molecule has 2 aromatic heterocycles. The van der Waals surface area contributed by atoms with Crippen molar-refractivity contribution >= 4 is 21.5 Å². The van der Waals surface area contributed by atoms with E-state index in [1.165, 1.54) is 9.87 Å². The lowest BCUT2D eigenvalue weighted by molar-refractivity contribution is 0.302. The Morgan fingerprint density at radius 3 is 2.57 bits per heavy atom. The number of rotatable bonds is 4. The van der Waals surface area contributed by atoms with Gasteiger partial charge in [0.1, 0.15) is 5.01 Å². The average molecular weight is 352 g/mol. The van der Waals surface area contributed by atoms with Gasteiger partial charge >= 0.3 is 0 Å². The van der Waals surface area contributed by atoms with Crippen LogP contribution < -0.4 is 0 Å². The van der Waals surface area contributed by atoms with Crippen molar-refractivity contribution in [3.05, 3.63) is 35.5 Å². The maximum absolute atomic E-state index is 12.2. The molecule has 0 spiro atoms. The summed E-state index contributed by atoms with van der Waals surface area (Å²) in [4.78, 5) is 8.69. The van der Waals surface area contributed by atoms with Crippen LogP contribution in [-0.4, -0.2) is 54.2 Å². The molecule has 0 amide bonds. The maximum Gasteiger partial charge on any atom is 0.281 e. The topological polar surface area (TPSA) is 66.4 Å². The normalized spacial score (nSPS) is 17.7. The molecule has 1 fully saturated rings. The van der Waals surface area contributed by atoms with Crippen molar-refractivity contribution in [1.82, 2.24) is 18.6 Å². The predicted molar refractivity (Wildman–Crippen MR) is 91.5 cm³/mol. The summed E-state index contributed by atoms with van der Waals surface area (Å²) >= 11 is 1.57. The molecule has 6 nitrogen and oxygen atoms in total. The molecule has 0 atom stereocenters. The highest BCUT2D eigenvalue weighted by molar-refractivity contribution is 7.86. The molecule has 3 heterocycles. The Morgan fingerprint density at radius 2 is 1.96 bits per heavy atom. The lowest BCUT2D eigenvalue weighted by Crippen LogP contribution is -2.44. The monoisotopic (exact) mass is 352 g/mol. The molecule has 8 heteroatoms. The number of hydrogen-bond donors (Lipinski definition) is 0. The van der Waals surface area contributed by atoms with E-state index in [0.29, 0.717) is 19.0 Å². The number of pyridine rings is 1. The van der Waals surface area contributed by atoms with E-state index < -0.39 is 10.2 Å². The van der Waals surface area contributed by atoms with Gasteiger partial charge in [0.25, 0.3) is 10.2 Å². The van der Waals surface area contributed by atoms with Gasteiger partial charge in [-0.1, -0.05) is 0 Å². The minimum atomic E-state index is -3.30. The quantitative estimate of drug-likeness (QED) is 0.846. The van der Waals surface area contributed by atoms with Crippen LogP contribution in [0.2, 0.25) is 0 Å². The minimum Gasteiger partial charge on any atom is -0.254 e. The van der Waals surface area contributed by atoms with Gasteiger partial charge in [-0.3, -0.25) is 4.98 Å². The summed E-state index contributed by atoms with van der Waals surface area (Å²) in [5, 5.41) is 2.85.